The summed E-state index contributed by atoms with van der Waals surface area (Å²) < 4.78 is 0. The maximum atomic E-state index is 3.87. The lowest BCUT2D eigenvalue weighted by Crippen LogP contribution is -2.39. The van der Waals surface area contributed by atoms with Crippen molar-refractivity contribution in [2.24, 2.45) is 5.92 Å². The van der Waals surface area contributed by atoms with E-state index in [1.54, 1.807) is 0 Å². The molecule has 0 aromatic carbocycles. The highest BCUT2D eigenvalue weighted by molar-refractivity contribution is 4.81. The fourth-order valence-electron chi connectivity index (χ4n) is 3.51. The van der Waals surface area contributed by atoms with Crippen LogP contribution in [0.5, 0.6) is 0 Å². The minimum absolute atomic E-state index is 0.684. The number of hydrogen-bond acceptors (Lipinski definition) is 2. The largest absolute Gasteiger partial charge is 0.314 e. The fourth-order valence-corrected chi connectivity index (χ4v) is 3.51. The van der Waals surface area contributed by atoms with Crippen LogP contribution in [0.4, 0.5) is 0 Å². The molecule has 0 aromatic heterocycles. The van der Waals surface area contributed by atoms with Gasteiger partial charge < -0.3 is 10.6 Å². The average molecular weight is 238 g/mol. The summed E-state index contributed by atoms with van der Waals surface area (Å²) in [5.74, 6) is 0.952. The van der Waals surface area contributed by atoms with Gasteiger partial charge in [-0.1, -0.05) is 19.8 Å². The molecule has 2 aliphatic rings. The summed E-state index contributed by atoms with van der Waals surface area (Å²) in [5.41, 5.74) is 0. The van der Waals surface area contributed by atoms with E-state index in [2.05, 4.69) is 24.5 Å². The molecule has 0 amide bonds. The van der Waals surface area contributed by atoms with Gasteiger partial charge in [-0.2, -0.15) is 0 Å². The first-order valence-corrected chi connectivity index (χ1v) is 7.73. The molecule has 0 spiro atoms. The van der Waals surface area contributed by atoms with Crippen LogP contribution in [0.15, 0.2) is 0 Å². The van der Waals surface area contributed by atoms with Gasteiger partial charge >= 0.3 is 0 Å². The van der Waals surface area contributed by atoms with Gasteiger partial charge in [0.2, 0.25) is 0 Å². The topological polar surface area (TPSA) is 24.1 Å². The van der Waals surface area contributed by atoms with E-state index in [4.69, 9.17) is 0 Å². The molecule has 100 valence electrons. The predicted molar refractivity (Wildman–Crippen MR) is 74.3 cm³/mol. The third kappa shape index (κ3) is 4.59. The standard InChI is InChI=1S/C15H30N2/c1-12-5-3-6-14(9-8-12)17-13(2)11-15-7-4-10-16-15/h12-17H,3-11H2,1-2H3. The smallest absolute Gasteiger partial charge is 0.00822 e. The van der Waals surface area contributed by atoms with Crippen LogP contribution in [0.2, 0.25) is 0 Å². The molecule has 2 heteroatoms. The predicted octanol–water partition coefficient (Wildman–Crippen LogP) is 3.08. The number of nitrogens with one attached hydrogen (secondary N) is 2. The molecule has 0 aromatic rings. The van der Waals surface area contributed by atoms with Crippen molar-refractivity contribution in [2.75, 3.05) is 6.54 Å². The van der Waals surface area contributed by atoms with Crippen molar-refractivity contribution in [2.45, 2.75) is 83.3 Å². The Labute approximate surface area is 107 Å². The Bertz CT molecular complexity index is 211. The Hall–Kier alpha value is -0.0800. The van der Waals surface area contributed by atoms with Gasteiger partial charge in [-0.25, -0.2) is 0 Å². The number of rotatable bonds is 4. The van der Waals surface area contributed by atoms with E-state index in [9.17, 15) is 0 Å². The molecule has 0 radical (unpaired) electrons. The quantitative estimate of drug-likeness (QED) is 0.736. The molecular formula is C15H30N2. The van der Waals surface area contributed by atoms with Crippen LogP contribution in [0, 0.1) is 5.92 Å². The molecule has 2 fully saturated rings. The van der Waals surface area contributed by atoms with Crippen molar-refractivity contribution in [3.05, 3.63) is 0 Å². The zero-order valence-electron chi connectivity index (χ0n) is 11.7. The molecule has 17 heavy (non-hydrogen) atoms. The normalized spacial score (nSPS) is 36.7. The summed E-state index contributed by atoms with van der Waals surface area (Å²) in [4.78, 5) is 0. The second-order valence-electron chi connectivity index (χ2n) is 6.41. The van der Waals surface area contributed by atoms with Crippen LogP contribution in [0.3, 0.4) is 0 Å². The minimum atomic E-state index is 0.684. The molecule has 1 saturated heterocycles. The first-order chi connectivity index (χ1) is 8.24. The lowest BCUT2D eigenvalue weighted by molar-refractivity contribution is 0.365. The summed E-state index contributed by atoms with van der Waals surface area (Å²) >= 11 is 0. The molecule has 2 rings (SSSR count). The SMILES string of the molecule is CC1CCCC(NC(C)CC2CCCN2)CC1. The van der Waals surface area contributed by atoms with E-state index in [1.807, 2.05) is 0 Å². The second-order valence-corrected chi connectivity index (χ2v) is 6.41. The Morgan fingerprint density at radius 3 is 2.76 bits per heavy atom. The molecule has 0 bridgehead atoms. The first-order valence-electron chi connectivity index (χ1n) is 7.73. The lowest BCUT2D eigenvalue weighted by Gasteiger charge is -2.24. The molecule has 1 aliphatic heterocycles. The van der Waals surface area contributed by atoms with Gasteiger partial charge in [-0.05, 0) is 57.9 Å². The maximum absolute atomic E-state index is 3.87. The van der Waals surface area contributed by atoms with E-state index in [1.165, 1.54) is 57.9 Å². The first kappa shape index (κ1) is 13.4. The van der Waals surface area contributed by atoms with Crippen molar-refractivity contribution in [3.63, 3.8) is 0 Å². The molecule has 1 saturated carbocycles. The van der Waals surface area contributed by atoms with Gasteiger partial charge in [-0.3, -0.25) is 0 Å². The fraction of sp³-hybridized carbons (Fsp3) is 1.00. The third-order valence-corrected chi connectivity index (χ3v) is 4.58. The maximum Gasteiger partial charge on any atom is 0.00822 e. The van der Waals surface area contributed by atoms with Crippen LogP contribution in [0.1, 0.15) is 65.2 Å². The number of hydrogen-bond donors (Lipinski definition) is 2. The molecule has 1 aliphatic carbocycles. The van der Waals surface area contributed by atoms with Gasteiger partial charge in [0.15, 0.2) is 0 Å². The highest BCUT2D eigenvalue weighted by atomic mass is 15.0. The van der Waals surface area contributed by atoms with Gasteiger partial charge in [0.25, 0.3) is 0 Å². The van der Waals surface area contributed by atoms with Crippen molar-refractivity contribution >= 4 is 0 Å². The van der Waals surface area contributed by atoms with Gasteiger partial charge in [0, 0.05) is 18.1 Å². The average Bonchev–Trinajstić information content (AvgIpc) is 2.70. The van der Waals surface area contributed by atoms with Gasteiger partial charge in [-0.15, -0.1) is 0 Å². The van der Waals surface area contributed by atoms with Gasteiger partial charge in [0.1, 0.15) is 0 Å². The van der Waals surface area contributed by atoms with Crippen molar-refractivity contribution in [1.82, 2.24) is 10.6 Å². The highest BCUT2D eigenvalue weighted by Gasteiger charge is 2.21. The Morgan fingerprint density at radius 1 is 1.12 bits per heavy atom. The molecule has 1 heterocycles. The minimum Gasteiger partial charge on any atom is -0.314 e. The Balaban J connectivity index is 1.67. The van der Waals surface area contributed by atoms with E-state index in [-0.39, 0.29) is 0 Å². The van der Waals surface area contributed by atoms with Crippen LogP contribution >= 0.6 is 0 Å². The molecule has 4 unspecified atom stereocenters. The van der Waals surface area contributed by atoms with E-state index in [0.717, 1.165) is 18.0 Å². The second kappa shape index (κ2) is 6.75. The highest BCUT2D eigenvalue weighted by Crippen LogP contribution is 2.23. The third-order valence-electron chi connectivity index (χ3n) is 4.58. The summed E-state index contributed by atoms with van der Waals surface area (Å²) in [6, 6.07) is 2.25. The zero-order valence-corrected chi connectivity index (χ0v) is 11.7. The van der Waals surface area contributed by atoms with Crippen LogP contribution in [-0.2, 0) is 0 Å². The molecule has 2 N–H and O–H groups in total. The summed E-state index contributed by atoms with van der Waals surface area (Å²) in [7, 11) is 0. The van der Waals surface area contributed by atoms with E-state index >= 15 is 0 Å². The van der Waals surface area contributed by atoms with Gasteiger partial charge in [0.05, 0.1) is 0 Å². The molecule has 4 atom stereocenters. The van der Waals surface area contributed by atoms with Crippen LogP contribution < -0.4 is 10.6 Å². The van der Waals surface area contributed by atoms with Crippen molar-refractivity contribution in [3.8, 4) is 0 Å². The van der Waals surface area contributed by atoms with Crippen LogP contribution in [0.25, 0.3) is 0 Å². The Kier molecular flexibility index (Phi) is 5.30. The monoisotopic (exact) mass is 238 g/mol. The van der Waals surface area contributed by atoms with Crippen LogP contribution in [-0.4, -0.2) is 24.7 Å². The lowest BCUT2D eigenvalue weighted by atomic mass is 10.0. The summed E-state index contributed by atoms with van der Waals surface area (Å²) in [6.45, 7) is 6.01. The van der Waals surface area contributed by atoms with E-state index < -0.39 is 0 Å². The van der Waals surface area contributed by atoms with Crippen molar-refractivity contribution in [1.29, 1.82) is 0 Å². The summed E-state index contributed by atoms with van der Waals surface area (Å²) in [6.07, 6.45) is 11.1. The van der Waals surface area contributed by atoms with E-state index in [0.29, 0.717) is 6.04 Å². The Morgan fingerprint density at radius 2 is 2.00 bits per heavy atom. The molecule has 2 nitrogen and oxygen atoms in total. The van der Waals surface area contributed by atoms with Crippen molar-refractivity contribution < 1.29 is 0 Å². The molecular weight excluding hydrogens is 208 g/mol. The zero-order chi connectivity index (χ0) is 12.1. The summed E-state index contributed by atoms with van der Waals surface area (Å²) in [5, 5.41) is 7.47.